The van der Waals surface area contributed by atoms with Crippen molar-refractivity contribution in [3.05, 3.63) is 34.3 Å². The number of aliphatic hydroxyl groups is 1. The fourth-order valence-electron chi connectivity index (χ4n) is 2.46. The van der Waals surface area contributed by atoms with Gasteiger partial charge in [-0.15, -0.1) is 0 Å². The summed E-state index contributed by atoms with van der Waals surface area (Å²) < 4.78 is 6.91. The first-order chi connectivity index (χ1) is 9.54. The quantitative estimate of drug-likeness (QED) is 0.862. The molecule has 1 saturated heterocycles. The minimum Gasteiger partial charge on any atom is -0.387 e. The molecule has 0 spiro atoms. The van der Waals surface area contributed by atoms with Gasteiger partial charge in [-0.1, -0.05) is 41.9 Å². The minimum absolute atomic E-state index is 0.328. The van der Waals surface area contributed by atoms with E-state index in [9.17, 15) is 5.11 Å². The van der Waals surface area contributed by atoms with Gasteiger partial charge in [0.25, 0.3) is 0 Å². The van der Waals surface area contributed by atoms with E-state index in [0.29, 0.717) is 18.6 Å². The average molecular weight is 342 g/mol. The van der Waals surface area contributed by atoms with Crippen molar-refractivity contribution in [1.29, 1.82) is 0 Å². The maximum atomic E-state index is 10.3. The number of hydrogen-bond acceptors (Lipinski definition) is 3. The molecule has 0 aliphatic carbocycles. The number of hydrogen-bond donors (Lipinski definition) is 1. The number of halogens is 1. The summed E-state index contributed by atoms with van der Waals surface area (Å²) in [6, 6.07) is 7.88. The molecule has 2 atom stereocenters. The lowest BCUT2D eigenvalue weighted by Gasteiger charge is -2.20. The summed E-state index contributed by atoms with van der Waals surface area (Å²) in [5.74, 6) is 0.581. The average Bonchev–Trinajstić information content (AvgIpc) is 2.84. The van der Waals surface area contributed by atoms with Crippen LogP contribution < -0.4 is 0 Å². The van der Waals surface area contributed by atoms with Gasteiger partial charge < -0.3 is 9.84 Å². The molecule has 0 aromatic heterocycles. The summed E-state index contributed by atoms with van der Waals surface area (Å²) >= 11 is 3.41. The van der Waals surface area contributed by atoms with Crippen LogP contribution in [0.25, 0.3) is 0 Å². The van der Waals surface area contributed by atoms with Crippen LogP contribution in [0.5, 0.6) is 0 Å². The molecule has 1 aliphatic rings. The Kier molecular flexibility index (Phi) is 6.02. The topological polar surface area (TPSA) is 32.7 Å². The first kappa shape index (κ1) is 16.0. The second-order valence-corrected chi connectivity index (χ2v) is 6.88. The fourth-order valence-corrected chi connectivity index (χ4v) is 2.73. The van der Waals surface area contributed by atoms with Crippen LogP contribution in [0, 0.1) is 5.92 Å². The second kappa shape index (κ2) is 7.55. The highest BCUT2D eigenvalue weighted by Gasteiger charge is 2.25. The van der Waals surface area contributed by atoms with Crippen molar-refractivity contribution in [3.63, 3.8) is 0 Å². The van der Waals surface area contributed by atoms with Gasteiger partial charge in [0.1, 0.15) is 0 Å². The Hall–Kier alpha value is -0.420. The Morgan fingerprint density at radius 1 is 1.35 bits per heavy atom. The predicted molar refractivity (Wildman–Crippen MR) is 84.7 cm³/mol. The molecule has 3 nitrogen and oxygen atoms in total. The van der Waals surface area contributed by atoms with Gasteiger partial charge in [-0.3, -0.25) is 4.90 Å². The maximum absolute atomic E-state index is 10.3. The van der Waals surface area contributed by atoms with E-state index >= 15 is 0 Å². The summed E-state index contributed by atoms with van der Waals surface area (Å²) in [5.41, 5.74) is 0.972. The molecule has 112 valence electrons. The van der Waals surface area contributed by atoms with Gasteiger partial charge in [0.05, 0.1) is 12.2 Å². The Morgan fingerprint density at radius 2 is 2.05 bits per heavy atom. The largest absolute Gasteiger partial charge is 0.387 e. The van der Waals surface area contributed by atoms with Gasteiger partial charge in [0.15, 0.2) is 0 Å². The monoisotopic (exact) mass is 341 g/mol. The summed E-state index contributed by atoms with van der Waals surface area (Å²) in [5, 5.41) is 10.3. The number of β-amino-alcohol motifs (C(OH)–C–C–N with tert-alkyl or cyclic N) is 1. The lowest BCUT2D eigenvalue weighted by atomic mass is 10.1. The third-order valence-corrected chi connectivity index (χ3v) is 4.11. The molecule has 4 heteroatoms. The highest BCUT2D eigenvalue weighted by Crippen LogP contribution is 2.21. The smallest absolute Gasteiger partial charge is 0.0916 e. The van der Waals surface area contributed by atoms with E-state index in [2.05, 4.69) is 34.7 Å². The molecule has 1 heterocycles. The lowest BCUT2D eigenvalue weighted by Crippen LogP contribution is -2.28. The van der Waals surface area contributed by atoms with Crippen molar-refractivity contribution >= 4 is 15.9 Å². The lowest BCUT2D eigenvalue weighted by molar-refractivity contribution is 0.0373. The Balaban J connectivity index is 1.78. The summed E-state index contributed by atoms with van der Waals surface area (Å²) in [4.78, 5) is 2.29. The van der Waals surface area contributed by atoms with Crippen LogP contribution in [0.3, 0.4) is 0 Å². The molecule has 0 saturated carbocycles. The van der Waals surface area contributed by atoms with Gasteiger partial charge in [-0.05, 0) is 30.0 Å². The minimum atomic E-state index is -0.424. The molecule has 0 amide bonds. The van der Waals surface area contributed by atoms with E-state index in [-0.39, 0.29) is 0 Å². The zero-order valence-corrected chi connectivity index (χ0v) is 13.8. The van der Waals surface area contributed by atoms with E-state index < -0.39 is 6.10 Å². The van der Waals surface area contributed by atoms with Crippen LogP contribution in [-0.4, -0.2) is 42.4 Å². The molecule has 0 radical (unpaired) electrons. The Morgan fingerprint density at radius 3 is 2.70 bits per heavy atom. The van der Waals surface area contributed by atoms with E-state index in [1.807, 2.05) is 24.3 Å². The second-order valence-electron chi connectivity index (χ2n) is 5.96. The normalized spacial score (nSPS) is 21.6. The standard InChI is InChI=1S/C16H24BrNO2/c1-12(2)11-20-15-7-8-18(9-15)10-16(19)13-3-5-14(17)6-4-13/h3-6,12,15-16,19H,7-11H2,1-2H3. The zero-order valence-electron chi connectivity index (χ0n) is 12.3. The van der Waals surface area contributed by atoms with Crippen LogP contribution in [0.4, 0.5) is 0 Å². The number of ether oxygens (including phenoxy) is 1. The van der Waals surface area contributed by atoms with Gasteiger partial charge in [0.2, 0.25) is 0 Å². The van der Waals surface area contributed by atoms with Crippen molar-refractivity contribution in [1.82, 2.24) is 4.90 Å². The maximum Gasteiger partial charge on any atom is 0.0916 e. The number of benzene rings is 1. The van der Waals surface area contributed by atoms with Gasteiger partial charge >= 0.3 is 0 Å². The van der Waals surface area contributed by atoms with Crippen LogP contribution >= 0.6 is 15.9 Å². The van der Waals surface area contributed by atoms with Crippen LogP contribution in [0.1, 0.15) is 31.9 Å². The summed E-state index contributed by atoms with van der Waals surface area (Å²) in [7, 11) is 0. The van der Waals surface area contributed by atoms with Crippen molar-refractivity contribution in [2.45, 2.75) is 32.5 Å². The van der Waals surface area contributed by atoms with Crippen molar-refractivity contribution in [2.75, 3.05) is 26.2 Å². The Bertz CT molecular complexity index is 407. The van der Waals surface area contributed by atoms with E-state index in [4.69, 9.17) is 4.74 Å². The number of rotatable bonds is 6. The fraction of sp³-hybridized carbons (Fsp3) is 0.625. The summed E-state index contributed by atoms with van der Waals surface area (Å²) in [6.07, 6.45) is 0.973. The Labute approximate surface area is 130 Å². The highest BCUT2D eigenvalue weighted by molar-refractivity contribution is 9.10. The molecule has 2 unspecified atom stereocenters. The molecule has 1 fully saturated rings. The number of aliphatic hydroxyl groups excluding tert-OH is 1. The van der Waals surface area contributed by atoms with Crippen molar-refractivity contribution in [2.24, 2.45) is 5.92 Å². The molecule has 20 heavy (non-hydrogen) atoms. The van der Waals surface area contributed by atoms with E-state index in [1.165, 1.54) is 0 Å². The van der Waals surface area contributed by atoms with Crippen LogP contribution in [0.15, 0.2) is 28.7 Å². The summed E-state index contributed by atoms with van der Waals surface area (Å²) in [6.45, 7) is 7.79. The zero-order chi connectivity index (χ0) is 14.5. The molecule has 1 aromatic rings. The van der Waals surface area contributed by atoms with Gasteiger partial charge in [-0.2, -0.15) is 0 Å². The first-order valence-corrected chi connectivity index (χ1v) is 8.11. The molecule has 2 rings (SSSR count). The molecule has 1 aromatic carbocycles. The number of nitrogens with zero attached hydrogens (tertiary/aromatic N) is 1. The SMILES string of the molecule is CC(C)COC1CCN(CC(O)c2ccc(Br)cc2)C1. The molecule has 1 N–H and O–H groups in total. The third-order valence-electron chi connectivity index (χ3n) is 3.58. The molecule has 1 aliphatic heterocycles. The van der Waals surface area contributed by atoms with E-state index in [0.717, 1.165) is 36.2 Å². The van der Waals surface area contributed by atoms with Gasteiger partial charge in [0, 0.05) is 30.7 Å². The van der Waals surface area contributed by atoms with Crippen LogP contribution in [0.2, 0.25) is 0 Å². The molecule has 0 bridgehead atoms. The van der Waals surface area contributed by atoms with Crippen molar-refractivity contribution in [3.8, 4) is 0 Å². The van der Waals surface area contributed by atoms with Crippen LogP contribution in [-0.2, 0) is 4.74 Å². The third kappa shape index (κ3) is 4.85. The highest BCUT2D eigenvalue weighted by atomic mass is 79.9. The predicted octanol–water partition coefficient (Wildman–Crippen LogP) is 3.23. The molecular formula is C16H24BrNO2. The molecular weight excluding hydrogens is 318 g/mol. The van der Waals surface area contributed by atoms with Gasteiger partial charge in [-0.25, -0.2) is 0 Å². The van der Waals surface area contributed by atoms with Crippen molar-refractivity contribution < 1.29 is 9.84 Å². The van der Waals surface area contributed by atoms with E-state index in [1.54, 1.807) is 0 Å². The first-order valence-electron chi connectivity index (χ1n) is 7.32. The number of likely N-dealkylation sites (tertiary alicyclic amines) is 1.